The Hall–Kier alpha value is -2.71. The van der Waals surface area contributed by atoms with Crippen molar-refractivity contribution >= 4 is 27.6 Å². The van der Waals surface area contributed by atoms with Crippen molar-refractivity contribution in [3.8, 4) is 0 Å². The molecule has 0 saturated carbocycles. The van der Waals surface area contributed by atoms with E-state index < -0.39 is 22.0 Å². The van der Waals surface area contributed by atoms with Crippen molar-refractivity contribution in [3.05, 3.63) is 59.7 Å². The van der Waals surface area contributed by atoms with Gasteiger partial charge in [-0.3, -0.25) is 9.59 Å². The Morgan fingerprint density at radius 2 is 1.56 bits per heavy atom. The third kappa shape index (κ3) is 4.88. The molecule has 0 bridgehead atoms. The van der Waals surface area contributed by atoms with Gasteiger partial charge in [0.15, 0.2) is 0 Å². The molecule has 0 aliphatic heterocycles. The fraction of sp³-hybridized carbons (Fsp3) is 0.176. The molecule has 132 valence electrons. The van der Waals surface area contributed by atoms with Crippen LogP contribution in [0.3, 0.4) is 0 Å². The molecule has 0 saturated heterocycles. The number of amides is 1. The number of sulfonamides is 1. The van der Waals surface area contributed by atoms with Gasteiger partial charge >= 0.3 is 5.97 Å². The number of benzene rings is 2. The average molecular weight is 362 g/mol. The second-order valence-corrected chi connectivity index (χ2v) is 7.24. The fourth-order valence-corrected chi connectivity index (χ4v) is 3.17. The van der Waals surface area contributed by atoms with E-state index in [0.717, 1.165) is 5.56 Å². The molecular formula is C17H18N2O5S. The molecule has 2 rings (SSSR count). The lowest BCUT2D eigenvalue weighted by Crippen LogP contribution is -2.38. The lowest BCUT2D eigenvalue weighted by atomic mass is 10.1. The van der Waals surface area contributed by atoms with Crippen molar-refractivity contribution in [1.82, 2.24) is 4.72 Å². The highest BCUT2D eigenvalue weighted by molar-refractivity contribution is 7.89. The summed E-state index contributed by atoms with van der Waals surface area (Å²) in [6, 6.07) is 11.2. The summed E-state index contributed by atoms with van der Waals surface area (Å²) in [5, 5.41) is 11.5. The smallest absolute Gasteiger partial charge is 0.321 e. The molecule has 1 atom stereocenters. The highest BCUT2D eigenvalue weighted by Crippen LogP contribution is 2.15. The number of anilines is 1. The summed E-state index contributed by atoms with van der Waals surface area (Å²) >= 11 is 0. The van der Waals surface area contributed by atoms with Crippen LogP contribution in [0, 0.1) is 6.92 Å². The van der Waals surface area contributed by atoms with E-state index >= 15 is 0 Å². The quantitative estimate of drug-likeness (QED) is 0.727. The van der Waals surface area contributed by atoms with Crippen LogP contribution in [-0.2, 0) is 14.8 Å². The monoisotopic (exact) mass is 362 g/mol. The molecule has 1 unspecified atom stereocenters. The molecule has 0 radical (unpaired) electrons. The van der Waals surface area contributed by atoms with E-state index in [1.165, 1.54) is 31.2 Å². The topological polar surface area (TPSA) is 113 Å². The van der Waals surface area contributed by atoms with Crippen LogP contribution in [-0.4, -0.2) is 31.4 Å². The zero-order chi connectivity index (χ0) is 18.6. The standard InChI is InChI=1S/C17H18N2O5S/c1-11-3-5-13(6-4-11)16(20)18-14-7-9-15(10-8-14)25(23,24)19-12(2)17(21)22/h3-10,12,19H,1-2H3,(H,18,20)(H,21,22). The molecule has 0 spiro atoms. The van der Waals surface area contributed by atoms with Crippen LogP contribution in [0.15, 0.2) is 53.4 Å². The zero-order valence-corrected chi connectivity index (χ0v) is 14.5. The number of nitrogens with one attached hydrogen (secondary N) is 2. The van der Waals surface area contributed by atoms with E-state index in [1.54, 1.807) is 12.1 Å². The van der Waals surface area contributed by atoms with Gasteiger partial charge in [-0.1, -0.05) is 17.7 Å². The molecule has 2 aromatic carbocycles. The van der Waals surface area contributed by atoms with Crippen molar-refractivity contribution in [2.75, 3.05) is 5.32 Å². The van der Waals surface area contributed by atoms with Gasteiger partial charge in [-0.2, -0.15) is 4.72 Å². The Morgan fingerprint density at radius 1 is 1.00 bits per heavy atom. The van der Waals surface area contributed by atoms with Gasteiger partial charge < -0.3 is 10.4 Å². The third-order valence-electron chi connectivity index (χ3n) is 3.44. The summed E-state index contributed by atoms with van der Waals surface area (Å²) in [5.41, 5.74) is 1.95. The van der Waals surface area contributed by atoms with Crippen LogP contribution in [0.25, 0.3) is 0 Å². The number of rotatable bonds is 6. The number of aliphatic carboxylic acids is 1. The number of carboxylic acids is 1. The van der Waals surface area contributed by atoms with Crippen molar-refractivity contribution in [3.63, 3.8) is 0 Å². The second-order valence-electron chi connectivity index (χ2n) is 5.53. The summed E-state index contributed by atoms with van der Waals surface area (Å²) in [7, 11) is -3.95. The molecule has 1 amide bonds. The molecule has 7 nitrogen and oxygen atoms in total. The van der Waals surface area contributed by atoms with E-state index in [-0.39, 0.29) is 10.8 Å². The summed E-state index contributed by atoms with van der Waals surface area (Å²) in [4.78, 5) is 22.8. The first-order chi connectivity index (χ1) is 11.7. The lowest BCUT2D eigenvalue weighted by Gasteiger charge is -2.11. The van der Waals surface area contributed by atoms with Crippen LogP contribution in [0.1, 0.15) is 22.8 Å². The summed E-state index contributed by atoms with van der Waals surface area (Å²) in [6.45, 7) is 3.15. The third-order valence-corrected chi connectivity index (χ3v) is 5.00. The molecule has 0 heterocycles. The van der Waals surface area contributed by atoms with Gasteiger partial charge in [0.2, 0.25) is 10.0 Å². The first-order valence-electron chi connectivity index (χ1n) is 7.42. The average Bonchev–Trinajstić information content (AvgIpc) is 2.55. The molecule has 8 heteroatoms. The summed E-state index contributed by atoms with van der Waals surface area (Å²) < 4.78 is 26.2. The Kier molecular flexibility index (Phi) is 5.55. The number of hydrogen-bond acceptors (Lipinski definition) is 4. The van der Waals surface area contributed by atoms with Crippen molar-refractivity contribution in [2.24, 2.45) is 0 Å². The van der Waals surface area contributed by atoms with Gasteiger partial charge in [0.05, 0.1) is 4.90 Å². The highest BCUT2D eigenvalue weighted by Gasteiger charge is 2.21. The Balaban J connectivity index is 2.10. The maximum Gasteiger partial charge on any atom is 0.321 e. The van der Waals surface area contributed by atoms with Crippen LogP contribution < -0.4 is 10.0 Å². The number of carboxylic acid groups (broad SMARTS) is 1. The van der Waals surface area contributed by atoms with E-state index in [2.05, 4.69) is 5.32 Å². The molecule has 0 aliphatic carbocycles. The molecular weight excluding hydrogens is 344 g/mol. The van der Waals surface area contributed by atoms with Crippen molar-refractivity contribution in [1.29, 1.82) is 0 Å². The zero-order valence-electron chi connectivity index (χ0n) is 13.7. The highest BCUT2D eigenvalue weighted by atomic mass is 32.2. The van der Waals surface area contributed by atoms with Gasteiger partial charge in [-0.05, 0) is 50.2 Å². The molecule has 3 N–H and O–H groups in total. The van der Waals surface area contributed by atoms with Crippen LogP contribution in [0.5, 0.6) is 0 Å². The minimum Gasteiger partial charge on any atom is -0.480 e. The van der Waals surface area contributed by atoms with Gasteiger partial charge in [-0.15, -0.1) is 0 Å². The minimum absolute atomic E-state index is 0.0889. The van der Waals surface area contributed by atoms with Gasteiger partial charge in [-0.25, -0.2) is 8.42 Å². The first-order valence-corrected chi connectivity index (χ1v) is 8.90. The van der Waals surface area contributed by atoms with Crippen LogP contribution in [0.2, 0.25) is 0 Å². The van der Waals surface area contributed by atoms with Crippen LogP contribution in [0.4, 0.5) is 5.69 Å². The fourth-order valence-electron chi connectivity index (χ4n) is 1.98. The SMILES string of the molecule is Cc1ccc(C(=O)Nc2ccc(S(=O)(=O)NC(C)C(=O)O)cc2)cc1. The van der Waals surface area contributed by atoms with E-state index in [9.17, 15) is 18.0 Å². The molecule has 0 aliphatic rings. The van der Waals surface area contributed by atoms with E-state index in [1.807, 2.05) is 23.8 Å². The normalized spacial score (nSPS) is 12.4. The minimum atomic E-state index is -3.95. The van der Waals surface area contributed by atoms with Crippen molar-refractivity contribution < 1.29 is 23.1 Å². The Bertz CT molecular complexity index is 874. The number of hydrogen-bond donors (Lipinski definition) is 3. The first kappa shape index (κ1) is 18.6. The van der Waals surface area contributed by atoms with Crippen LogP contribution >= 0.6 is 0 Å². The molecule has 25 heavy (non-hydrogen) atoms. The van der Waals surface area contributed by atoms with Crippen molar-refractivity contribution in [2.45, 2.75) is 24.8 Å². The van der Waals surface area contributed by atoms with E-state index in [4.69, 9.17) is 5.11 Å². The summed E-state index contributed by atoms with van der Waals surface area (Å²) in [6.07, 6.45) is 0. The molecule has 2 aromatic rings. The summed E-state index contributed by atoms with van der Waals surface area (Å²) in [5.74, 6) is -1.58. The van der Waals surface area contributed by atoms with Gasteiger partial charge in [0.1, 0.15) is 6.04 Å². The number of aryl methyl sites for hydroxylation is 1. The van der Waals surface area contributed by atoms with Gasteiger partial charge in [0.25, 0.3) is 5.91 Å². The lowest BCUT2D eigenvalue weighted by molar-refractivity contribution is -0.138. The number of carbonyl (C=O) groups excluding carboxylic acids is 1. The second kappa shape index (κ2) is 7.45. The molecule has 0 aromatic heterocycles. The predicted molar refractivity (Wildman–Crippen MR) is 93.0 cm³/mol. The maximum atomic E-state index is 12.1. The van der Waals surface area contributed by atoms with Gasteiger partial charge in [0, 0.05) is 11.3 Å². The van der Waals surface area contributed by atoms with E-state index in [0.29, 0.717) is 11.3 Å². The molecule has 0 fully saturated rings. The predicted octanol–water partition coefficient (Wildman–Crippen LogP) is 2.00. The maximum absolute atomic E-state index is 12.1. The number of carbonyl (C=O) groups is 2. The Labute approximate surface area is 145 Å². The Morgan fingerprint density at radius 3 is 2.08 bits per heavy atom. The largest absolute Gasteiger partial charge is 0.480 e.